The largest absolute Gasteiger partial charge is 0.445 e. The van der Waals surface area contributed by atoms with Crippen LogP contribution in [0.4, 0.5) is 4.79 Å². The van der Waals surface area contributed by atoms with Crippen molar-refractivity contribution in [2.75, 3.05) is 6.61 Å². The molecule has 0 aromatic rings. The molecule has 0 spiro atoms. The van der Waals surface area contributed by atoms with E-state index in [0.29, 0.717) is 5.92 Å². The van der Waals surface area contributed by atoms with Crippen LogP contribution in [-0.2, 0) is 4.74 Å². The van der Waals surface area contributed by atoms with Crippen LogP contribution < -0.4 is 5.32 Å². The van der Waals surface area contributed by atoms with Gasteiger partial charge in [-0.2, -0.15) is 0 Å². The molecule has 2 unspecified atom stereocenters. The lowest BCUT2D eigenvalue weighted by Gasteiger charge is -2.22. The molecule has 0 fully saturated rings. The van der Waals surface area contributed by atoms with Gasteiger partial charge in [0.05, 0.1) is 0 Å². The van der Waals surface area contributed by atoms with Crippen molar-refractivity contribution in [3.8, 4) is 0 Å². The molecule has 82 valence electrons. The molecule has 0 aromatic carbocycles. The van der Waals surface area contributed by atoms with Gasteiger partial charge in [0.2, 0.25) is 0 Å². The summed E-state index contributed by atoms with van der Waals surface area (Å²) in [6.07, 6.45) is 3.19. The highest BCUT2D eigenvalue weighted by molar-refractivity contribution is 5.67. The number of ether oxygens (including phenoxy) is 1. The average molecular weight is 199 g/mol. The van der Waals surface area contributed by atoms with E-state index in [0.717, 1.165) is 12.8 Å². The predicted molar refractivity (Wildman–Crippen MR) is 58.2 cm³/mol. The molecule has 0 radical (unpaired) electrons. The smallest absolute Gasteiger partial charge is 0.407 e. The monoisotopic (exact) mass is 199 g/mol. The van der Waals surface area contributed by atoms with Gasteiger partial charge in [-0.05, 0) is 12.3 Å². The van der Waals surface area contributed by atoms with Crippen LogP contribution in [0.15, 0.2) is 12.7 Å². The Bertz CT molecular complexity index is 180. The van der Waals surface area contributed by atoms with Gasteiger partial charge in [-0.3, -0.25) is 0 Å². The fourth-order valence-corrected chi connectivity index (χ4v) is 1.26. The average Bonchev–Trinajstić information content (AvgIpc) is 2.21. The number of alkyl carbamates (subject to hydrolysis) is 1. The van der Waals surface area contributed by atoms with Gasteiger partial charge in [-0.1, -0.05) is 39.8 Å². The summed E-state index contributed by atoms with van der Waals surface area (Å²) in [7, 11) is 0. The summed E-state index contributed by atoms with van der Waals surface area (Å²) in [4.78, 5) is 11.2. The third-order valence-corrected chi connectivity index (χ3v) is 2.41. The number of carbonyl (C=O) groups excluding carboxylic acids is 1. The Morgan fingerprint density at radius 2 is 2.14 bits per heavy atom. The summed E-state index contributed by atoms with van der Waals surface area (Å²) < 4.78 is 4.85. The summed E-state index contributed by atoms with van der Waals surface area (Å²) in [5.41, 5.74) is 0. The highest BCUT2D eigenvalue weighted by atomic mass is 16.5. The molecule has 0 heterocycles. The fourth-order valence-electron chi connectivity index (χ4n) is 1.26. The van der Waals surface area contributed by atoms with E-state index in [4.69, 9.17) is 4.74 Å². The first-order chi connectivity index (χ1) is 6.65. The van der Waals surface area contributed by atoms with Gasteiger partial charge in [-0.25, -0.2) is 4.79 Å². The minimum absolute atomic E-state index is 0.206. The number of hydrogen-bond acceptors (Lipinski definition) is 2. The first-order valence-electron chi connectivity index (χ1n) is 5.19. The molecule has 0 bridgehead atoms. The summed E-state index contributed by atoms with van der Waals surface area (Å²) in [6.45, 7) is 10.0. The molecular weight excluding hydrogens is 178 g/mol. The third-order valence-electron chi connectivity index (χ3n) is 2.41. The summed E-state index contributed by atoms with van der Waals surface area (Å²) >= 11 is 0. The lowest BCUT2D eigenvalue weighted by atomic mass is 9.97. The molecular formula is C11H21NO2. The Morgan fingerprint density at radius 1 is 1.50 bits per heavy atom. The van der Waals surface area contributed by atoms with E-state index >= 15 is 0 Å². The predicted octanol–water partition coefficient (Wildman–Crippen LogP) is 2.72. The molecule has 1 amide bonds. The standard InChI is InChI=1S/C11H21NO2/c1-5-8-14-11(13)12-10(7-3)9(4)6-2/h5,9-10H,1,6-8H2,2-4H3,(H,12,13). The third kappa shape index (κ3) is 4.90. The SMILES string of the molecule is C=CCOC(=O)NC(CC)C(C)CC. The van der Waals surface area contributed by atoms with E-state index in [1.165, 1.54) is 0 Å². The molecule has 0 aromatic heterocycles. The number of carbonyl (C=O) groups is 1. The number of nitrogens with one attached hydrogen (secondary N) is 1. The Labute approximate surface area is 86.5 Å². The molecule has 0 saturated heterocycles. The molecule has 1 N–H and O–H groups in total. The second kappa shape index (κ2) is 7.42. The van der Waals surface area contributed by atoms with Gasteiger partial charge >= 0.3 is 6.09 Å². The summed E-state index contributed by atoms with van der Waals surface area (Å²) in [5.74, 6) is 0.483. The maximum Gasteiger partial charge on any atom is 0.407 e. The van der Waals surface area contributed by atoms with E-state index in [9.17, 15) is 4.79 Å². The Morgan fingerprint density at radius 3 is 2.57 bits per heavy atom. The van der Waals surface area contributed by atoms with Gasteiger partial charge < -0.3 is 10.1 Å². The Kier molecular flexibility index (Phi) is 6.89. The van der Waals surface area contributed by atoms with Crippen LogP contribution in [-0.4, -0.2) is 18.7 Å². The van der Waals surface area contributed by atoms with E-state index in [1.807, 2.05) is 0 Å². The van der Waals surface area contributed by atoms with E-state index in [1.54, 1.807) is 6.08 Å². The molecule has 3 heteroatoms. The fraction of sp³-hybridized carbons (Fsp3) is 0.727. The van der Waals surface area contributed by atoms with E-state index in [2.05, 4.69) is 32.7 Å². The van der Waals surface area contributed by atoms with Gasteiger partial charge in [0, 0.05) is 6.04 Å². The van der Waals surface area contributed by atoms with Crippen molar-refractivity contribution < 1.29 is 9.53 Å². The van der Waals surface area contributed by atoms with Gasteiger partial charge in [0.1, 0.15) is 6.61 Å². The van der Waals surface area contributed by atoms with Crippen LogP contribution in [0.5, 0.6) is 0 Å². The Hall–Kier alpha value is -0.990. The lowest BCUT2D eigenvalue weighted by Crippen LogP contribution is -2.39. The van der Waals surface area contributed by atoms with Crippen LogP contribution in [0, 0.1) is 5.92 Å². The second-order valence-electron chi connectivity index (χ2n) is 3.43. The van der Waals surface area contributed by atoms with Gasteiger partial charge in [0.15, 0.2) is 0 Å². The summed E-state index contributed by atoms with van der Waals surface area (Å²) in [6, 6.07) is 0.206. The van der Waals surface area contributed by atoms with Crippen LogP contribution >= 0.6 is 0 Å². The quantitative estimate of drug-likeness (QED) is 0.668. The van der Waals surface area contributed by atoms with Crippen molar-refractivity contribution in [3.63, 3.8) is 0 Å². The lowest BCUT2D eigenvalue weighted by molar-refractivity contribution is 0.149. The molecule has 2 atom stereocenters. The number of amides is 1. The molecule has 14 heavy (non-hydrogen) atoms. The van der Waals surface area contributed by atoms with Crippen molar-refractivity contribution in [2.24, 2.45) is 5.92 Å². The van der Waals surface area contributed by atoms with Crippen LogP contribution in [0.2, 0.25) is 0 Å². The molecule has 0 aliphatic heterocycles. The maximum absolute atomic E-state index is 11.2. The highest BCUT2D eigenvalue weighted by Gasteiger charge is 2.16. The van der Waals surface area contributed by atoms with Crippen LogP contribution in [0.3, 0.4) is 0 Å². The minimum atomic E-state index is -0.350. The second-order valence-corrected chi connectivity index (χ2v) is 3.43. The zero-order chi connectivity index (χ0) is 11.0. The van der Waals surface area contributed by atoms with Gasteiger partial charge in [0.25, 0.3) is 0 Å². The first kappa shape index (κ1) is 13.0. The maximum atomic E-state index is 11.2. The number of hydrogen-bond donors (Lipinski definition) is 1. The zero-order valence-electron chi connectivity index (χ0n) is 9.38. The van der Waals surface area contributed by atoms with E-state index < -0.39 is 0 Å². The topological polar surface area (TPSA) is 38.3 Å². The highest BCUT2D eigenvalue weighted by Crippen LogP contribution is 2.10. The zero-order valence-corrected chi connectivity index (χ0v) is 9.38. The minimum Gasteiger partial charge on any atom is -0.445 e. The van der Waals surface area contributed by atoms with Crippen molar-refractivity contribution >= 4 is 6.09 Å². The normalized spacial score (nSPS) is 14.2. The van der Waals surface area contributed by atoms with Crippen molar-refractivity contribution in [1.82, 2.24) is 5.32 Å². The van der Waals surface area contributed by atoms with Gasteiger partial charge in [-0.15, -0.1) is 0 Å². The van der Waals surface area contributed by atoms with Crippen LogP contribution in [0.25, 0.3) is 0 Å². The van der Waals surface area contributed by atoms with Crippen molar-refractivity contribution in [2.45, 2.75) is 39.7 Å². The first-order valence-corrected chi connectivity index (χ1v) is 5.19. The molecule has 3 nitrogen and oxygen atoms in total. The van der Waals surface area contributed by atoms with Crippen molar-refractivity contribution in [3.05, 3.63) is 12.7 Å². The van der Waals surface area contributed by atoms with Crippen molar-refractivity contribution in [1.29, 1.82) is 0 Å². The van der Waals surface area contributed by atoms with E-state index in [-0.39, 0.29) is 18.7 Å². The van der Waals surface area contributed by atoms with Crippen LogP contribution in [0.1, 0.15) is 33.6 Å². The molecule has 0 saturated carbocycles. The molecule has 0 aliphatic rings. The molecule has 0 rings (SSSR count). The number of rotatable bonds is 6. The molecule has 0 aliphatic carbocycles. The summed E-state index contributed by atoms with van der Waals surface area (Å²) in [5, 5.41) is 2.84. The Balaban J connectivity index is 3.91.